The predicted octanol–water partition coefficient (Wildman–Crippen LogP) is 3.71. The van der Waals surface area contributed by atoms with Gasteiger partial charge in [0.05, 0.1) is 29.4 Å². The Morgan fingerprint density at radius 3 is 2.61 bits per heavy atom. The van der Waals surface area contributed by atoms with E-state index in [1.807, 2.05) is 0 Å². The molecule has 11 heteroatoms. The molecule has 8 nitrogen and oxygen atoms in total. The molecule has 0 saturated heterocycles. The van der Waals surface area contributed by atoms with Crippen molar-refractivity contribution in [3.05, 3.63) is 58.1 Å². The number of amides is 1. The molecule has 2 aromatic carbocycles. The molecule has 0 aliphatic rings. The minimum atomic E-state index is -2.72. The molecule has 1 N–H and O–H groups in total. The van der Waals surface area contributed by atoms with Gasteiger partial charge in [0, 0.05) is 11.0 Å². The van der Waals surface area contributed by atoms with E-state index in [-0.39, 0.29) is 39.3 Å². The highest BCUT2D eigenvalue weighted by Gasteiger charge is 2.18. The molecule has 0 aromatic heterocycles. The zero-order valence-corrected chi connectivity index (χ0v) is 15.2. The molecule has 0 saturated carbocycles. The molecule has 148 valence electrons. The molecule has 28 heavy (non-hydrogen) atoms. The number of rotatable bonds is 8. The molecule has 0 bridgehead atoms. The summed E-state index contributed by atoms with van der Waals surface area (Å²) in [5.41, 5.74) is -0.175. The van der Waals surface area contributed by atoms with Crippen molar-refractivity contribution < 1.29 is 32.8 Å². The molecule has 0 atom stereocenters. The SMILES string of the molecule is COc1cc([N+](=O)[O-])ccc1NC(=O)COC(=O)c1ccccc1SC(F)F. The Bertz CT molecular complexity index is 894. The number of ether oxygens (including phenoxy) is 2. The topological polar surface area (TPSA) is 108 Å². The number of carbonyl (C=O) groups is 2. The van der Waals surface area contributed by atoms with Crippen LogP contribution >= 0.6 is 11.8 Å². The lowest BCUT2D eigenvalue weighted by Crippen LogP contribution is -2.21. The normalized spacial score (nSPS) is 10.4. The number of thioether (sulfide) groups is 1. The zero-order chi connectivity index (χ0) is 20.7. The smallest absolute Gasteiger partial charge is 0.339 e. The summed E-state index contributed by atoms with van der Waals surface area (Å²) in [6.45, 7) is -0.688. The maximum Gasteiger partial charge on any atom is 0.339 e. The number of hydrogen-bond acceptors (Lipinski definition) is 7. The van der Waals surface area contributed by atoms with Gasteiger partial charge in [0.1, 0.15) is 5.75 Å². The van der Waals surface area contributed by atoms with Crippen LogP contribution in [-0.4, -0.2) is 36.3 Å². The van der Waals surface area contributed by atoms with Gasteiger partial charge in [0.2, 0.25) is 0 Å². The molecule has 0 fully saturated rings. The van der Waals surface area contributed by atoms with E-state index in [0.29, 0.717) is 0 Å². The van der Waals surface area contributed by atoms with Gasteiger partial charge in [-0.3, -0.25) is 14.9 Å². The highest BCUT2D eigenvalue weighted by Crippen LogP contribution is 2.30. The van der Waals surface area contributed by atoms with Crippen LogP contribution in [0.5, 0.6) is 5.75 Å². The van der Waals surface area contributed by atoms with Crippen LogP contribution in [0.4, 0.5) is 20.2 Å². The van der Waals surface area contributed by atoms with Crippen molar-refractivity contribution in [3.8, 4) is 5.75 Å². The quantitative estimate of drug-likeness (QED) is 0.305. The monoisotopic (exact) mass is 412 g/mol. The average molecular weight is 412 g/mol. The van der Waals surface area contributed by atoms with Crippen LogP contribution in [0.2, 0.25) is 0 Å². The van der Waals surface area contributed by atoms with E-state index in [4.69, 9.17) is 9.47 Å². The van der Waals surface area contributed by atoms with Gasteiger partial charge in [-0.25, -0.2) is 4.79 Å². The van der Waals surface area contributed by atoms with Gasteiger partial charge < -0.3 is 14.8 Å². The van der Waals surface area contributed by atoms with Gasteiger partial charge in [-0.05, 0) is 18.2 Å². The van der Waals surface area contributed by atoms with Crippen molar-refractivity contribution in [2.24, 2.45) is 0 Å². The second-order valence-corrected chi connectivity index (χ2v) is 6.17. The van der Waals surface area contributed by atoms with E-state index in [1.54, 1.807) is 0 Å². The first kappa shape index (κ1) is 21.1. The third kappa shape index (κ3) is 5.64. The fraction of sp³-hybridized carbons (Fsp3) is 0.176. The van der Waals surface area contributed by atoms with Gasteiger partial charge in [-0.2, -0.15) is 8.78 Å². The van der Waals surface area contributed by atoms with Crippen molar-refractivity contribution >= 4 is 35.0 Å². The Labute approximate surface area is 162 Å². The second-order valence-electron chi connectivity index (χ2n) is 5.14. The molecule has 2 rings (SSSR count). The summed E-state index contributed by atoms with van der Waals surface area (Å²) in [6, 6.07) is 9.19. The predicted molar refractivity (Wildman–Crippen MR) is 96.9 cm³/mol. The number of hydrogen-bond donors (Lipinski definition) is 1. The average Bonchev–Trinajstić information content (AvgIpc) is 2.66. The van der Waals surface area contributed by atoms with E-state index < -0.39 is 29.2 Å². The summed E-state index contributed by atoms with van der Waals surface area (Å²) in [7, 11) is 1.27. The maximum atomic E-state index is 12.6. The Morgan fingerprint density at radius 2 is 1.96 bits per heavy atom. The van der Waals surface area contributed by atoms with Crippen LogP contribution in [0.25, 0.3) is 0 Å². The molecule has 0 radical (unpaired) electrons. The van der Waals surface area contributed by atoms with E-state index >= 15 is 0 Å². The number of benzene rings is 2. The number of halogens is 2. The van der Waals surface area contributed by atoms with Crippen LogP contribution in [0.15, 0.2) is 47.4 Å². The molecule has 0 unspecified atom stereocenters. The molecular weight excluding hydrogens is 398 g/mol. The molecule has 1 amide bonds. The Hall–Kier alpha value is -3.21. The molecule has 2 aromatic rings. The summed E-state index contributed by atoms with van der Waals surface area (Å²) in [6.07, 6.45) is 0. The van der Waals surface area contributed by atoms with E-state index in [1.165, 1.54) is 43.5 Å². The number of non-ortho nitro benzene ring substituents is 1. The van der Waals surface area contributed by atoms with Crippen molar-refractivity contribution in [2.75, 3.05) is 19.0 Å². The van der Waals surface area contributed by atoms with E-state index in [9.17, 15) is 28.5 Å². The third-order valence-corrected chi connectivity index (χ3v) is 4.12. The zero-order valence-electron chi connectivity index (χ0n) is 14.4. The number of alkyl halides is 2. The minimum absolute atomic E-state index is 0.0277. The lowest BCUT2D eigenvalue weighted by molar-refractivity contribution is -0.384. The molecular formula is C17H14F2N2O6S. The number of nitrogens with zero attached hydrogens (tertiary/aromatic N) is 1. The Morgan fingerprint density at radius 1 is 1.25 bits per heavy atom. The number of carbonyl (C=O) groups excluding carboxylic acids is 2. The van der Waals surface area contributed by atoms with Crippen molar-refractivity contribution in [3.63, 3.8) is 0 Å². The van der Waals surface area contributed by atoms with Crippen LogP contribution in [-0.2, 0) is 9.53 Å². The van der Waals surface area contributed by atoms with E-state index in [2.05, 4.69) is 5.32 Å². The van der Waals surface area contributed by atoms with E-state index in [0.717, 1.165) is 6.07 Å². The van der Waals surface area contributed by atoms with Crippen LogP contribution < -0.4 is 10.1 Å². The third-order valence-electron chi connectivity index (χ3n) is 3.33. The number of nitrogens with one attached hydrogen (secondary N) is 1. The minimum Gasteiger partial charge on any atom is -0.494 e. The standard InChI is InChI=1S/C17H14F2N2O6S/c1-26-13-8-10(21(24)25)6-7-12(13)20-15(22)9-27-16(23)11-4-2-3-5-14(11)28-17(18)19/h2-8,17H,9H2,1H3,(H,20,22). The largest absolute Gasteiger partial charge is 0.494 e. The van der Waals surface area contributed by atoms with Crippen LogP contribution in [0.3, 0.4) is 0 Å². The van der Waals surface area contributed by atoms with Crippen molar-refractivity contribution in [2.45, 2.75) is 10.7 Å². The van der Waals surface area contributed by atoms with Crippen LogP contribution in [0, 0.1) is 10.1 Å². The Kier molecular flexibility index (Phi) is 7.27. The number of nitro groups is 1. The van der Waals surface area contributed by atoms with Gasteiger partial charge in [0.25, 0.3) is 17.4 Å². The fourth-order valence-electron chi connectivity index (χ4n) is 2.13. The van der Waals surface area contributed by atoms with Gasteiger partial charge in [0.15, 0.2) is 6.61 Å². The number of methoxy groups -OCH3 is 1. The lowest BCUT2D eigenvalue weighted by Gasteiger charge is -2.11. The molecule has 0 spiro atoms. The molecule has 0 aliphatic heterocycles. The summed E-state index contributed by atoms with van der Waals surface area (Å²) in [5, 5.41) is 13.2. The number of anilines is 1. The van der Waals surface area contributed by atoms with Gasteiger partial charge in [-0.1, -0.05) is 23.9 Å². The molecule has 0 aliphatic carbocycles. The first-order valence-electron chi connectivity index (χ1n) is 7.65. The van der Waals surface area contributed by atoms with Gasteiger partial charge >= 0.3 is 5.97 Å². The summed E-state index contributed by atoms with van der Waals surface area (Å²) in [5.74, 6) is -4.34. The Balaban J connectivity index is 2.01. The number of nitro benzene ring substituents is 1. The van der Waals surface area contributed by atoms with Gasteiger partial charge in [-0.15, -0.1) is 0 Å². The maximum absolute atomic E-state index is 12.6. The van der Waals surface area contributed by atoms with Crippen molar-refractivity contribution in [1.82, 2.24) is 0 Å². The van der Waals surface area contributed by atoms with Crippen molar-refractivity contribution in [1.29, 1.82) is 0 Å². The highest BCUT2D eigenvalue weighted by molar-refractivity contribution is 7.99. The number of esters is 1. The lowest BCUT2D eigenvalue weighted by atomic mass is 10.2. The fourth-order valence-corrected chi connectivity index (χ4v) is 2.75. The van der Waals surface area contributed by atoms with Crippen LogP contribution in [0.1, 0.15) is 10.4 Å². The second kappa shape index (κ2) is 9.65. The molecule has 0 heterocycles. The summed E-state index contributed by atoms with van der Waals surface area (Å²) >= 11 is 0.193. The first-order chi connectivity index (χ1) is 13.3. The summed E-state index contributed by atoms with van der Waals surface area (Å²) in [4.78, 5) is 34.3. The first-order valence-corrected chi connectivity index (χ1v) is 8.53. The summed E-state index contributed by atoms with van der Waals surface area (Å²) < 4.78 is 35.0. The highest BCUT2D eigenvalue weighted by atomic mass is 32.2.